The van der Waals surface area contributed by atoms with E-state index in [2.05, 4.69) is 18.3 Å². The molecule has 0 heterocycles. The first-order valence-corrected chi connectivity index (χ1v) is 6.82. The van der Waals surface area contributed by atoms with Gasteiger partial charge in [-0.15, -0.1) is 0 Å². The van der Waals surface area contributed by atoms with Crippen molar-refractivity contribution in [2.75, 3.05) is 5.32 Å². The van der Waals surface area contributed by atoms with Gasteiger partial charge in [0.05, 0.1) is 12.6 Å². The highest BCUT2D eigenvalue weighted by Crippen LogP contribution is 2.24. The van der Waals surface area contributed by atoms with Crippen molar-refractivity contribution in [3.05, 3.63) is 64.7 Å². The lowest BCUT2D eigenvalue weighted by Crippen LogP contribution is -2.09. The van der Waals surface area contributed by atoms with Crippen molar-refractivity contribution in [3.63, 3.8) is 0 Å². The van der Waals surface area contributed by atoms with E-state index in [-0.39, 0.29) is 12.6 Å². The van der Waals surface area contributed by atoms with E-state index < -0.39 is 0 Å². The van der Waals surface area contributed by atoms with Crippen molar-refractivity contribution in [2.24, 2.45) is 0 Å². The van der Waals surface area contributed by atoms with E-state index in [4.69, 9.17) is 16.7 Å². The summed E-state index contributed by atoms with van der Waals surface area (Å²) < 4.78 is 0. The first-order chi connectivity index (χ1) is 9.22. The summed E-state index contributed by atoms with van der Waals surface area (Å²) in [6.45, 7) is 2.21. The van der Waals surface area contributed by atoms with Crippen molar-refractivity contribution < 1.29 is 5.11 Å². The van der Waals surface area contributed by atoms with Crippen LogP contribution in [0.1, 0.15) is 30.5 Å². The van der Waals surface area contributed by atoms with Gasteiger partial charge in [0, 0.05) is 10.7 Å². The monoisotopic (exact) mass is 275 g/mol. The number of hydrogen-bond donors (Lipinski definition) is 2. The van der Waals surface area contributed by atoms with Gasteiger partial charge < -0.3 is 10.4 Å². The first kappa shape index (κ1) is 13.9. The van der Waals surface area contributed by atoms with Gasteiger partial charge in [-0.05, 0) is 41.8 Å². The number of hydrogen-bond acceptors (Lipinski definition) is 2. The maximum Gasteiger partial charge on any atom is 0.0681 e. The highest BCUT2D eigenvalue weighted by atomic mass is 35.5. The normalized spacial score (nSPS) is 12.2. The molecule has 3 heteroatoms. The third-order valence-electron chi connectivity index (χ3n) is 3.14. The Bertz CT molecular complexity index is 525. The van der Waals surface area contributed by atoms with E-state index in [0.717, 1.165) is 22.7 Å². The molecule has 0 bridgehead atoms. The van der Waals surface area contributed by atoms with E-state index >= 15 is 0 Å². The second kappa shape index (κ2) is 6.60. The number of anilines is 1. The SMILES string of the molecule is CCC(Nc1ccc(CO)cc1)c1cccc(Cl)c1. The Labute approximate surface area is 119 Å². The quantitative estimate of drug-likeness (QED) is 0.848. The summed E-state index contributed by atoms with van der Waals surface area (Å²) in [6.07, 6.45) is 0.974. The molecule has 0 fully saturated rings. The number of halogens is 1. The lowest BCUT2D eigenvalue weighted by molar-refractivity contribution is 0.282. The van der Waals surface area contributed by atoms with E-state index in [1.807, 2.05) is 42.5 Å². The molecule has 100 valence electrons. The Kier molecular flexibility index (Phi) is 4.83. The number of nitrogens with one attached hydrogen (secondary N) is 1. The number of rotatable bonds is 5. The first-order valence-electron chi connectivity index (χ1n) is 6.44. The van der Waals surface area contributed by atoms with Crippen LogP contribution < -0.4 is 5.32 Å². The molecule has 0 saturated carbocycles. The average molecular weight is 276 g/mol. The molecule has 1 unspecified atom stereocenters. The van der Waals surface area contributed by atoms with Crippen LogP contribution in [0.15, 0.2) is 48.5 Å². The molecule has 2 aromatic rings. The number of aliphatic hydroxyl groups is 1. The van der Waals surface area contributed by atoms with Crippen LogP contribution in [0.3, 0.4) is 0 Å². The Balaban J connectivity index is 2.14. The molecule has 0 saturated heterocycles. The van der Waals surface area contributed by atoms with Crippen molar-refractivity contribution in [2.45, 2.75) is 26.0 Å². The zero-order valence-corrected chi connectivity index (χ0v) is 11.7. The highest BCUT2D eigenvalue weighted by Gasteiger charge is 2.09. The van der Waals surface area contributed by atoms with Gasteiger partial charge in [-0.2, -0.15) is 0 Å². The van der Waals surface area contributed by atoms with Gasteiger partial charge in [0.2, 0.25) is 0 Å². The van der Waals surface area contributed by atoms with E-state index in [1.54, 1.807) is 0 Å². The minimum absolute atomic E-state index is 0.0752. The van der Waals surface area contributed by atoms with Crippen LogP contribution in [0.2, 0.25) is 5.02 Å². The smallest absolute Gasteiger partial charge is 0.0681 e. The molecular formula is C16H18ClNO. The number of benzene rings is 2. The third kappa shape index (κ3) is 3.72. The fourth-order valence-corrected chi connectivity index (χ4v) is 2.25. The van der Waals surface area contributed by atoms with Crippen LogP contribution in [0, 0.1) is 0 Å². The van der Waals surface area contributed by atoms with Crippen LogP contribution in [0.5, 0.6) is 0 Å². The fourth-order valence-electron chi connectivity index (χ4n) is 2.05. The molecule has 2 nitrogen and oxygen atoms in total. The topological polar surface area (TPSA) is 32.3 Å². The van der Waals surface area contributed by atoms with Gasteiger partial charge in [-0.3, -0.25) is 0 Å². The molecule has 0 aliphatic rings. The third-order valence-corrected chi connectivity index (χ3v) is 3.37. The van der Waals surface area contributed by atoms with Crippen LogP contribution >= 0.6 is 11.6 Å². The molecule has 2 rings (SSSR count). The van der Waals surface area contributed by atoms with Gasteiger partial charge in [0.1, 0.15) is 0 Å². The van der Waals surface area contributed by atoms with Crippen molar-refractivity contribution in [1.29, 1.82) is 0 Å². The largest absolute Gasteiger partial charge is 0.392 e. The lowest BCUT2D eigenvalue weighted by atomic mass is 10.0. The van der Waals surface area contributed by atoms with E-state index in [0.29, 0.717) is 0 Å². The Hall–Kier alpha value is -1.51. The van der Waals surface area contributed by atoms with Gasteiger partial charge in [-0.1, -0.05) is 42.8 Å². The summed E-state index contributed by atoms with van der Waals surface area (Å²) in [6, 6.07) is 16.0. The van der Waals surface area contributed by atoms with Crippen molar-refractivity contribution in [1.82, 2.24) is 0 Å². The average Bonchev–Trinajstić information content (AvgIpc) is 2.45. The minimum Gasteiger partial charge on any atom is -0.392 e. The summed E-state index contributed by atoms with van der Waals surface area (Å²) >= 11 is 6.03. The fraction of sp³-hybridized carbons (Fsp3) is 0.250. The molecule has 2 N–H and O–H groups in total. The molecule has 0 spiro atoms. The summed E-state index contributed by atoms with van der Waals surface area (Å²) in [5.74, 6) is 0. The standard InChI is InChI=1S/C16H18ClNO/c1-2-16(13-4-3-5-14(17)10-13)18-15-8-6-12(11-19)7-9-15/h3-10,16,18-19H,2,11H2,1H3. The maximum atomic E-state index is 9.03. The minimum atomic E-state index is 0.0752. The Morgan fingerprint density at radius 2 is 1.89 bits per heavy atom. The molecule has 19 heavy (non-hydrogen) atoms. The van der Waals surface area contributed by atoms with Crippen LogP contribution in [0.25, 0.3) is 0 Å². The van der Waals surface area contributed by atoms with Gasteiger partial charge in [0.25, 0.3) is 0 Å². The zero-order valence-electron chi connectivity index (χ0n) is 10.9. The van der Waals surface area contributed by atoms with Gasteiger partial charge in [0.15, 0.2) is 0 Å². The number of aliphatic hydroxyl groups excluding tert-OH is 1. The molecule has 1 atom stereocenters. The maximum absolute atomic E-state index is 9.03. The Morgan fingerprint density at radius 1 is 1.16 bits per heavy atom. The second-order valence-electron chi connectivity index (χ2n) is 4.52. The molecular weight excluding hydrogens is 258 g/mol. The van der Waals surface area contributed by atoms with Crippen molar-refractivity contribution in [3.8, 4) is 0 Å². The predicted octanol–water partition coefficient (Wildman–Crippen LogP) is 4.40. The van der Waals surface area contributed by atoms with Crippen LogP contribution in [-0.2, 0) is 6.61 Å². The molecule has 0 aromatic heterocycles. The van der Waals surface area contributed by atoms with Crippen molar-refractivity contribution >= 4 is 17.3 Å². The lowest BCUT2D eigenvalue weighted by Gasteiger charge is -2.19. The zero-order chi connectivity index (χ0) is 13.7. The molecule has 0 aliphatic heterocycles. The van der Waals surface area contributed by atoms with Gasteiger partial charge in [-0.25, -0.2) is 0 Å². The summed E-state index contributed by atoms with van der Waals surface area (Å²) in [5, 5.41) is 13.3. The summed E-state index contributed by atoms with van der Waals surface area (Å²) in [4.78, 5) is 0. The molecule has 0 radical (unpaired) electrons. The van der Waals surface area contributed by atoms with Crippen LogP contribution in [-0.4, -0.2) is 5.11 Å². The van der Waals surface area contributed by atoms with Gasteiger partial charge >= 0.3 is 0 Å². The molecule has 2 aromatic carbocycles. The predicted molar refractivity (Wildman–Crippen MR) is 80.5 cm³/mol. The van der Waals surface area contributed by atoms with Crippen LogP contribution in [0.4, 0.5) is 5.69 Å². The molecule has 0 amide bonds. The highest BCUT2D eigenvalue weighted by molar-refractivity contribution is 6.30. The Morgan fingerprint density at radius 3 is 2.47 bits per heavy atom. The van der Waals surface area contributed by atoms with E-state index in [9.17, 15) is 0 Å². The molecule has 0 aliphatic carbocycles. The summed E-state index contributed by atoms with van der Waals surface area (Å²) in [5.41, 5.74) is 3.15. The second-order valence-corrected chi connectivity index (χ2v) is 4.95. The van der Waals surface area contributed by atoms with E-state index in [1.165, 1.54) is 5.56 Å². The summed E-state index contributed by atoms with van der Waals surface area (Å²) in [7, 11) is 0.